The summed E-state index contributed by atoms with van der Waals surface area (Å²) in [6.07, 6.45) is 0.536. The number of aliphatic carboxylic acids is 1. The zero-order chi connectivity index (χ0) is 13.5. The van der Waals surface area contributed by atoms with E-state index in [0.717, 1.165) is 11.5 Å². The first kappa shape index (κ1) is 15.0. The fourth-order valence-corrected chi connectivity index (χ4v) is 2.30. The van der Waals surface area contributed by atoms with Crippen molar-refractivity contribution in [1.82, 2.24) is 9.97 Å². The van der Waals surface area contributed by atoms with Gasteiger partial charge in [-0.05, 0) is 24.9 Å². The van der Waals surface area contributed by atoms with E-state index in [9.17, 15) is 4.79 Å². The monoisotopic (exact) mass is 289 g/mol. The van der Waals surface area contributed by atoms with Gasteiger partial charge in [0.15, 0.2) is 0 Å². The molecule has 0 aromatic carbocycles. The molecule has 5 nitrogen and oxygen atoms in total. The Balaban J connectivity index is 2.67. The van der Waals surface area contributed by atoms with E-state index >= 15 is 0 Å². The molecule has 1 unspecified atom stereocenters. The number of carboxylic acid groups (broad SMARTS) is 1. The first-order chi connectivity index (χ1) is 8.52. The SMILES string of the molecule is CCSCCC(Nc1cc(Cl)nc(C)n1)C(=O)O. The molecule has 1 aromatic rings. The van der Waals surface area contributed by atoms with Crippen molar-refractivity contribution in [3.05, 3.63) is 17.0 Å². The standard InChI is InChI=1S/C11H16ClN3O2S/c1-3-18-5-4-8(11(16)17)15-10-6-9(12)13-7(2)14-10/h6,8H,3-5H2,1-2H3,(H,16,17)(H,13,14,15). The van der Waals surface area contributed by atoms with E-state index in [4.69, 9.17) is 16.7 Å². The summed E-state index contributed by atoms with van der Waals surface area (Å²) in [4.78, 5) is 19.2. The minimum absolute atomic E-state index is 0.303. The summed E-state index contributed by atoms with van der Waals surface area (Å²) in [5.41, 5.74) is 0. The number of carbonyl (C=O) groups is 1. The summed E-state index contributed by atoms with van der Waals surface area (Å²) in [6.45, 7) is 3.75. The molecule has 7 heteroatoms. The molecular formula is C11H16ClN3O2S. The zero-order valence-corrected chi connectivity index (χ0v) is 11.9. The van der Waals surface area contributed by atoms with E-state index in [1.165, 1.54) is 6.07 Å². The van der Waals surface area contributed by atoms with E-state index in [0.29, 0.717) is 23.2 Å². The molecule has 0 aliphatic rings. The quantitative estimate of drug-likeness (QED) is 0.593. The van der Waals surface area contributed by atoms with Crippen molar-refractivity contribution in [3.8, 4) is 0 Å². The number of anilines is 1. The van der Waals surface area contributed by atoms with Crippen LogP contribution in [0.25, 0.3) is 0 Å². The van der Waals surface area contributed by atoms with Crippen LogP contribution in [0.15, 0.2) is 6.07 Å². The normalized spacial score (nSPS) is 12.2. The Kier molecular flexibility index (Phi) is 6.21. The van der Waals surface area contributed by atoms with Crippen LogP contribution >= 0.6 is 23.4 Å². The van der Waals surface area contributed by atoms with Gasteiger partial charge in [-0.1, -0.05) is 18.5 Å². The molecule has 0 saturated heterocycles. The van der Waals surface area contributed by atoms with Crippen LogP contribution in [0.5, 0.6) is 0 Å². The Hall–Kier alpha value is -1.01. The molecule has 1 heterocycles. The smallest absolute Gasteiger partial charge is 0.326 e. The first-order valence-corrected chi connectivity index (χ1v) is 7.14. The number of rotatable bonds is 7. The lowest BCUT2D eigenvalue weighted by atomic mass is 10.2. The Morgan fingerprint density at radius 3 is 2.89 bits per heavy atom. The van der Waals surface area contributed by atoms with Gasteiger partial charge in [0.2, 0.25) is 0 Å². The minimum Gasteiger partial charge on any atom is -0.480 e. The lowest BCUT2D eigenvalue weighted by Gasteiger charge is -2.15. The van der Waals surface area contributed by atoms with E-state index in [-0.39, 0.29) is 0 Å². The predicted molar refractivity (Wildman–Crippen MR) is 74.4 cm³/mol. The highest BCUT2D eigenvalue weighted by Gasteiger charge is 2.17. The minimum atomic E-state index is -0.890. The third-order valence-corrected chi connectivity index (χ3v) is 3.31. The molecule has 2 N–H and O–H groups in total. The van der Waals surface area contributed by atoms with Crippen LogP contribution in [0.2, 0.25) is 5.15 Å². The van der Waals surface area contributed by atoms with Crippen molar-refractivity contribution in [2.24, 2.45) is 0 Å². The lowest BCUT2D eigenvalue weighted by Crippen LogP contribution is -2.30. The highest BCUT2D eigenvalue weighted by Crippen LogP contribution is 2.14. The molecule has 0 fully saturated rings. The van der Waals surface area contributed by atoms with Gasteiger partial charge in [0.05, 0.1) is 0 Å². The molecule has 0 aliphatic heterocycles. The Morgan fingerprint density at radius 1 is 1.61 bits per heavy atom. The average Bonchev–Trinajstić information content (AvgIpc) is 2.26. The fraction of sp³-hybridized carbons (Fsp3) is 0.545. The van der Waals surface area contributed by atoms with Crippen molar-refractivity contribution < 1.29 is 9.90 Å². The van der Waals surface area contributed by atoms with Crippen molar-refractivity contribution in [3.63, 3.8) is 0 Å². The molecule has 1 atom stereocenters. The van der Waals surface area contributed by atoms with E-state index < -0.39 is 12.0 Å². The number of hydrogen-bond acceptors (Lipinski definition) is 5. The fourth-order valence-electron chi connectivity index (χ4n) is 1.39. The number of thioether (sulfide) groups is 1. The molecule has 0 aliphatic carbocycles. The van der Waals surface area contributed by atoms with E-state index in [2.05, 4.69) is 15.3 Å². The van der Waals surface area contributed by atoms with E-state index in [1.54, 1.807) is 18.7 Å². The first-order valence-electron chi connectivity index (χ1n) is 5.61. The summed E-state index contributed by atoms with van der Waals surface area (Å²) < 4.78 is 0. The highest BCUT2D eigenvalue weighted by atomic mass is 35.5. The van der Waals surface area contributed by atoms with Crippen LogP contribution in [0.3, 0.4) is 0 Å². The van der Waals surface area contributed by atoms with Gasteiger partial charge in [-0.2, -0.15) is 11.8 Å². The van der Waals surface area contributed by atoms with Gasteiger partial charge in [-0.15, -0.1) is 0 Å². The maximum Gasteiger partial charge on any atom is 0.326 e. The number of aryl methyl sites for hydroxylation is 1. The Bertz CT molecular complexity index is 397. The van der Waals surface area contributed by atoms with Gasteiger partial charge in [0, 0.05) is 6.07 Å². The van der Waals surface area contributed by atoms with Gasteiger partial charge < -0.3 is 10.4 Å². The summed E-state index contributed by atoms with van der Waals surface area (Å²) in [5, 5.41) is 12.3. The summed E-state index contributed by atoms with van der Waals surface area (Å²) in [5.74, 6) is 1.83. The number of nitrogens with one attached hydrogen (secondary N) is 1. The van der Waals surface area contributed by atoms with Crippen molar-refractivity contribution in [2.45, 2.75) is 26.3 Å². The van der Waals surface area contributed by atoms with Crippen molar-refractivity contribution in [2.75, 3.05) is 16.8 Å². The van der Waals surface area contributed by atoms with Crippen molar-refractivity contribution in [1.29, 1.82) is 0 Å². The van der Waals surface area contributed by atoms with Crippen LogP contribution in [-0.2, 0) is 4.79 Å². The van der Waals surface area contributed by atoms with Crippen molar-refractivity contribution >= 4 is 35.1 Å². The predicted octanol–water partition coefficient (Wildman–Crippen LogP) is 2.45. The van der Waals surface area contributed by atoms with Gasteiger partial charge in [-0.25, -0.2) is 14.8 Å². The number of hydrogen-bond donors (Lipinski definition) is 2. The Morgan fingerprint density at radius 2 is 2.33 bits per heavy atom. The van der Waals surface area contributed by atoms with Gasteiger partial charge in [0.25, 0.3) is 0 Å². The van der Waals surface area contributed by atoms with Gasteiger partial charge in [-0.3, -0.25) is 0 Å². The molecule has 0 bridgehead atoms. The number of aromatic nitrogens is 2. The molecule has 1 aromatic heterocycles. The van der Waals surface area contributed by atoms with Crippen LogP contribution in [0.1, 0.15) is 19.2 Å². The highest BCUT2D eigenvalue weighted by molar-refractivity contribution is 7.99. The summed E-state index contributed by atoms with van der Waals surface area (Å²) in [6, 6.07) is 0.867. The third-order valence-electron chi connectivity index (χ3n) is 2.18. The topological polar surface area (TPSA) is 75.1 Å². The molecule has 0 spiro atoms. The number of nitrogens with zero attached hydrogens (tertiary/aromatic N) is 2. The van der Waals surface area contributed by atoms with Crippen LogP contribution in [0.4, 0.5) is 5.82 Å². The Labute approximate surface area is 115 Å². The van der Waals surface area contributed by atoms with Gasteiger partial charge in [0.1, 0.15) is 22.8 Å². The molecular weight excluding hydrogens is 274 g/mol. The second-order valence-electron chi connectivity index (χ2n) is 3.64. The van der Waals surface area contributed by atoms with Crippen LogP contribution < -0.4 is 5.32 Å². The third kappa shape index (κ3) is 5.10. The van der Waals surface area contributed by atoms with Gasteiger partial charge >= 0.3 is 5.97 Å². The molecule has 0 radical (unpaired) electrons. The second-order valence-corrected chi connectivity index (χ2v) is 5.42. The summed E-state index contributed by atoms with van der Waals surface area (Å²) in [7, 11) is 0. The molecule has 0 saturated carbocycles. The van der Waals surface area contributed by atoms with Crippen LogP contribution in [-0.4, -0.2) is 38.6 Å². The molecule has 1 rings (SSSR count). The average molecular weight is 290 g/mol. The number of halogens is 1. The largest absolute Gasteiger partial charge is 0.480 e. The second kappa shape index (κ2) is 7.43. The lowest BCUT2D eigenvalue weighted by molar-refractivity contribution is -0.137. The zero-order valence-electron chi connectivity index (χ0n) is 10.3. The van der Waals surface area contributed by atoms with E-state index in [1.807, 2.05) is 6.92 Å². The van der Waals surface area contributed by atoms with Crippen LogP contribution in [0, 0.1) is 6.92 Å². The number of carboxylic acids is 1. The summed E-state index contributed by atoms with van der Waals surface area (Å²) >= 11 is 7.51. The molecule has 0 amide bonds. The maximum absolute atomic E-state index is 11.1. The molecule has 100 valence electrons. The molecule has 18 heavy (non-hydrogen) atoms. The maximum atomic E-state index is 11.1.